The molecular formula is C24H28ClN5O3S2. The maximum atomic E-state index is 12.4. The van der Waals surface area contributed by atoms with Crippen molar-refractivity contribution >= 4 is 69.6 Å². The van der Waals surface area contributed by atoms with Gasteiger partial charge in [-0.1, -0.05) is 54.6 Å². The smallest absolute Gasteiger partial charge is 0.331 e. The van der Waals surface area contributed by atoms with Gasteiger partial charge in [0.15, 0.2) is 11.0 Å². The molecule has 1 unspecified atom stereocenters. The lowest BCUT2D eigenvalue weighted by molar-refractivity contribution is -0.107. The molecule has 1 atom stereocenters. The van der Waals surface area contributed by atoms with Gasteiger partial charge in [-0.15, -0.1) is 0 Å². The molecule has 35 heavy (non-hydrogen) atoms. The molecule has 0 saturated carbocycles. The minimum atomic E-state index is -1.76. The Morgan fingerprint density at radius 3 is 2.23 bits per heavy atom. The van der Waals surface area contributed by atoms with Crippen molar-refractivity contribution in [2.24, 2.45) is 5.10 Å². The highest BCUT2D eigenvalue weighted by atomic mass is 35.5. The zero-order chi connectivity index (χ0) is 25.8. The van der Waals surface area contributed by atoms with E-state index in [0.29, 0.717) is 32.8 Å². The monoisotopic (exact) mass is 533 g/mol. The van der Waals surface area contributed by atoms with E-state index >= 15 is 0 Å². The Labute approximate surface area is 217 Å². The van der Waals surface area contributed by atoms with Crippen molar-refractivity contribution in [1.82, 2.24) is 4.72 Å². The Morgan fingerprint density at radius 2 is 1.71 bits per heavy atom. The molecule has 3 amide bonds. The van der Waals surface area contributed by atoms with E-state index in [0.717, 1.165) is 28.7 Å². The fourth-order valence-corrected chi connectivity index (χ4v) is 4.83. The van der Waals surface area contributed by atoms with Crippen LogP contribution < -0.4 is 20.4 Å². The summed E-state index contributed by atoms with van der Waals surface area (Å²) in [4.78, 5) is 24.0. The first-order chi connectivity index (χ1) is 16.8. The molecule has 0 aliphatic heterocycles. The molecule has 8 nitrogen and oxygen atoms in total. The van der Waals surface area contributed by atoms with E-state index in [-0.39, 0.29) is 0 Å². The van der Waals surface area contributed by atoms with Gasteiger partial charge in [0.05, 0.1) is 20.0 Å². The zero-order valence-corrected chi connectivity index (χ0v) is 22.3. The number of urea groups is 1. The highest BCUT2D eigenvalue weighted by Gasteiger charge is 2.14. The van der Waals surface area contributed by atoms with Crippen molar-refractivity contribution in [3.05, 3.63) is 74.8 Å². The number of amides is 3. The number of rotatable bonds is 11. The molecule has 2 rings (SSSR count). The molecule has 186 valence electrons. The molecular weight excluding hydrogens is 506 g/mol. The van der Waals surface area contributed by atoms with E-state index in [1.807, 2.05) is 38.2 Å². The van der Waals surface area contributed by atoms with Crippen LogP contribution >= 0.6 is 23.4 Å². The molecule has 0 aliphatic carbocycles. The third-order valence-electron chi connectivity index (χ3n) is 4.59. The molecule has 3 N–H and O–H groups in total. The van der Waals surface area contributed by atoms with Gasteiger partial charge in [0.2, 0.25) is 6.41 Å². The lowest BCUT2D eigenvalue weighted by Gasteiger charge is -2.15. The van der Waals surface area contributed by atoms with Crippen molar-refractivity contribution in [3.8, 4) is 0 Å². The Bertz CT molecular complexity index is 1130. The maximum Gasteiger partial charge on any atom is 0.331 e. The minimum Gasteiger partial charge on any atom is -0.388 e. The van der Waals surface area contributed by atoms with Gasteiger partial charge in [-0.25, -0.2) is 14.0 Å². The second kappa shape index (κ2) is 14.3. The van der Waals surface area contributed by atoms with E-state index in [4.69, 9.17) is 11.6 Å². The Hall–Kier alpha value is -3.08. The largest absolute Gasteiger partial charge is 0.388 e. The average Bonchev–Trinajstić information content (AvgIpc) is 2.88. The molecule has 0 saturated heterocycles. The van der Waals surface area contributed by atoms with Gasteiger partial charge in [-0.05, 0) is 62.2 Å². The number of anilines is 3. The first kappa shape index (κ1) is 28.2. The molecule has 11 heteroatoms. The lowest BCUT2D eigenvalue weighted by Crippen LogP contribution is -2.30. The molecule has 0 aromatic heterocycles. The highest BCUT2D eigenvalue weighted by molar-refractivity contribution is 8.19. The topological polar surface area (TPSA) is 103 Å². The van der Waals surface area contributed by atoms with Crippen LogP contribution in [0.5, 0.6) is 0 Å². The van der Waals surface area contributed by atoms with E-state index < -0.39 is 17.0 Å². The van der Waals surface area contributed by atoms with Gasteiger partial charge in [-0.3, -0.25) is 9.52 Å². The fraction of sp³-hybridized carbons (Fsp3) is 0.208. The number of nitrogens with one attached hydrogen (secondary N) is 3. The number of hydrazone groups is 1. The number of nitrogens with zero attached hydrogens (tertiary/aromatic N) is 2. The Balaban J connectivity index is 2.08. The summed E-state index contributed by atoms with van der Waals surface area (Å²) >= 11 is 7.08. The predicted molar refractivity (Wildman–Crippen MR) is 149 cm³/mol. The molecule has 2 aromatic rings. The van der Waals surface area contributed by atoms with E-state index in [1.165, 1.54) is 5.01 Å². The molecule has 0 spiro atoms. The van der Waals surface area contributed by atoms with Gasteiger partial charge in [0, 0.05) is 18.4 Å². The van der Waals surface area contributed by atoms with Gasteiger partial charge in [-0.2, -0.15) is 5.10 Å². The van der Waals surface area contributed by atoms with Gasteiger partial charge in [0.1, 0.15) is 0 Å². The number of thioether (sulfide) groups is 1. The van der Waals surface area contributed by atoms with Crippen LogP contribution in [0.15, 0.2) is 74.4 Å². The molecule has 2 aromatic carbocycles. The third kappa shape index (κ3) is 8.57. The van der Waals surface area contributed by atoms with E-state index in [1.54, 1.807) is 50.3 Å². The van der Waals surface area contributed by atoms with Crippen LogP contribution in [0, 0.1) is 0 Å². The second-order valence-corrected chi connectivity index (χ2v) is 10.0. The molecule has 0 heterocycles. The molecule has 0 aliphatic rings. The van der Waals surface area contributed by atoms with E-state index in [2.05, 4.69) is 20.5 Å². The number of benzene rings is 2. The quantitative estimate of drug-likeness (QED) is 0.187. The van der Waals surface area contributed by atoms with Crippen LogP contribution in [-0.2, 0) is 15.8 Å². The van der Waals surface area contributed by atoms with Gasteiger partial charge < -0.3 is 10.6 Å². The van der Waals surface area contributed by atoms with Crippen LogP contribution in [0.1, 0.15) is 32.8 Å². The Kier molecular flexibility index (Phi) is 11.5. The number of hydrogen-bond acceptors (Lipinski definition) is 6. The van der Waals surface area contributed by atoms with Crippen LogP contribution in [0.25, 0.3) is 0 Å². The van der Waals surface area contributed by atoms with Crippen molar-refractivity contribution < 1.29 is 13.8 Å². The van der Waals surface area contributed by atoms with Crippen LogP contribution in [0.4, 0.5) is 21.9 Å². The molecule has 0 bridgehead atoms. The summed E-state index contributed by atoms with van der Waals surface area (Å²) < 4.78 is 15.6. The summed E-state index contributed by atoms with van der Waals surface area (Å²) in [5.41, 5.74) is 3.63. The van der Waals surface area contributed by atoms with Crippen molar-refractivity contribution in [3.63, 3.8) is 0 Å². The lowest BCUT2D eigenvalue weighted by atomic mass is 10.1. The number of allylic oxidation sites excluding steroid dienone is 2. The van der Waals surface area contributed by atoms with Crippen molar-refractivity contribution in [1.29, 1.82) is 0 Å². The molecule has 0 fully saturated rings. The van der Waals surface area contributed by atoms with Crippen molar-refractivity contribution in [2.75, 3.05) is 22.7 Å². The number of hydrogen-bond donors (Lipinski definition) is 3. The normalized spacial score (nSPS) is 13.1. The summed E-state index contributed by atoms with van der Waals surface area (Å²) in [6.45, 7) is 5.44. The Morgan fingerprint density at radius 1 is 1.09 bits per heavy atom. The standard InChI is InChI=1S/C24H28ClN5O3S2/c1-5-21(17-8-10-18(26-4)11-9-17)28-30(16-31)20-14-12-19(13-15-20)27-24(32)29-35(33)23(7-3)34-22(25)6-2/h6-16,26H,5H2,1-4H3,(H2,27,29,32)/b22-6-,23-7+,28-21+. The fourth-order valence-electron chi connectivity index (χ4n) is 2.78. The maximum absolute atomic E-state index is 12.4. The first-order valence-corrected chi connectivity index (χ1v) is 13.0. The number of carbonyl (C=O) groups is 2. The number of halogens is 1. The van der Waals surface area contributed by atoms with Gasteiger partial charge >= 0.3 is 6.03 Å². The predicted octanol–water partition coefficient (Wildman–Crippen LogP) is 5.99. The summed E-state index contributed by atoms with van der Waals surface area (Å²) in [6, 6.07) is 13.7. The summed E-state index contributed by atoms with van der Waals surface area (Å²) in [5.74, 6) is 0. The molecule has 0 radical (unpaired) electrons. The van der Waals surface area contributed by atoms with Crippen LogP contribution in [0.2, 0.25) is 0 Å². The minimum absolute atomic E-state index is 0.408. The zero-order valence-electron chi connectivity index (χ0n) is 19.9. The highest BCUT2D eigenvalue weighted by Crippen LogP contribution is 2.29. The van der Waals surface area contributed by atoms with E-state index in [9.17, 15) is 13.8 Å². The first-order valence-electron chi connectivity index (χ1n) is 10.7. The van der Waals surface area contributed by atoms with Crippen LogP contribution in [0.3, 0.4) is 0 Å². The summed E-state index contributed by atoms with van der Waals surface area (Å²) in [6.07, 6.45) is 4.55. The second-order valence-electron chi connectivity index (χ2n) is 6.85. The van der Waals surface area contributed by atoms with Crippen molar-refractivity contribution in [2.45, 2.75) is 27.2 Å². The number of carbonyl (C=O) groups excluding carboxylic acids is 2. The SMILES string of the molecule is C/C=C(/Cl)S/C(=C\C)S(=O)NC(=O)Nc1ccc(N(C=O)/N=C(\CC)c2ccc(NC)cc2)cc1. The summed E-state index contributed by atoms with van der Waals surface area (Å²) in [5, 5.41) is 11.4. The summed E-state index contributed by atoms with van der Waals surface area (Å²) in [7, 11) is 0.0817. The average molecular weight is 534 g/mol. The van der Waals surface area contributed by atoms with Gasteiger partial charge in [0.25, 0.3) is 0 Å². The third-order valence-corrected chi connectivity index (χ3v) is 7.58. The van der Waals surface area contributed by atoms with Crippen LogP contribution in [-0.4, -0.2) is 29.4 Å².